The number of likely N-dealkylation sites (tertiary alicyclic amines) is 1. The molecule has 8 nitrogen and oxygen atoms in total. The smallest absolute Gasteiger partial charge is 0.328 e. The Morgan fingerprint density at radius 3 is 2.05 bits per heavy atom. The van der Waals surface area contributed by atoms with Gasteiger partial charge < -0.3 is 24.7 Å². The molecular formula is C28H35ClN2O6. The van der Waals surface area contributed by atoms with E-state index < -0.39 is 11.9 Å². The van der Waals surface area contributed by atoms with E-state index in [-0.39, 0.29) is 5.91 Å². The van der Waals surface area contributed by atoms with Gasteiger partial charge in [0.2, 0.25) is 5.91 Å². The zero-order valence-electron chi connectivity index (χ0n) is 21.3. The summed E-state index contributed by atoms with van der Waals surface area (Å²) >= 11 is 5.97. The summed E-state index contributed by atoms with van der Waals surface area (Å²) < 4.78 is 5.24. The third-order valence-electron chi connectivity index (χ3n) is 6.13. The number of carbonyl (C=O) groups excluding carboxylic acids is 1. The summed E-state index contributed by atoms with van der Waals surface area (Å²) in [5.74, 6) is -0.980. The number of nitrogens with zero attached hydrogens (tertiary/aromatic N) is 2. The van der Waals surface area contributed by atoms with Gasteiger partial charge in [-0.2, -0.15) is 0 Å². The zero-order valence-corrected chi connectivity index (χ0v) is 22.1. The van der Waals surface area contributed by atoms with Gasteiger partial charge >= 0.3 is 11.9 Å². The van der Waals surface area contributed by atoms with Gasteiger partial charge in [0.05, 0.1) is 7.11 Å². The summed E-state index contributed by atoms with van der Waals surface area (Å²) in [6, 6.07) is 15.9. The lowest BCUT2D eigenvalue weighted by Gasteiger charge is -2.35. The van der Waals surface area contributed by atoms with E-state index in [9.17, 15) is 14.4 Å². The van der Waals surface area contributed by atoms with Crippen molar-refractivity contribution in [3.05, 3.63) is 71.3 Å². The first-order valence-electron chi connectivity index (χ1n) is 12.3. The van der Waals surface area contributed by atoms with Gasteiger partial charge in [-0.3, -0.25) is 4.79 Å². The van der Waals surface area contributed by atoms with E-state index in [2.05, 4.69) is 17.0 Å². The van der Waals surface area contributed by atoms with Crippen molar-refractivity contribution in [2.45, 2.75) is 32.6 Å². The van der Waals surface area contributed by atoms with Gasteiger partial charge in [-0.15, -0.1) is 0 Å². The molecule has 2 N–H and O–H groups in total. The summed E-state index contributed by atoms with van der Waals surface area (Å²) in [6.45, 7) is 5.98. The molecule has 1 fully saturated rings. The molecule has 0 aliphatic carbocycles. The highest BCUT2D eigenvalue weighted by molar-refractivity contribution is 6.30. The maximum absolute atomic E-state index is 12.6. The molecule has 0 bridgehead atoms. The molecule has 0 spiro atoms. The van der Waals surface area contributed by atoms with Gasteiger partial charge in [-0.1, -0.05) is 30.7 Å². The molecule has 37 heavy (non-hydrogen) atoms. The van der Waals surface area contributed by atoms with Crippen LogP contribution in [0, 0.1) is 5.92 Å². The number of carboxylic acid groups (broad SMARTS) is 2. The summed E-state index contributed by atoms with van der Waals surface area (Å²) in [4.78, 5) is 36.2. The number of ether oxygens (including phenoxy) is 1. The van der Waals surface area contributed by atoms with E-state index in [1.54, 1.807) is 7.11 Å². The normalized spacial score (nSPS) is 14.0. The minimum atomic E-state index is -1.26. The van der Waals surface area contributed by atoms with Crippen LogP contribution >= 0.6 is 11.6 Å². The third-order valence-corrected chi connectivity index (χ3v) is 6.39. The predicted octanol–water partition coefficient (Wildman–Crippen LogP) is 4.76. The fourth-order valence-electron chi connectivity index (χ4n) is 4.04. The molecule has 9 heteroatoms. The number of amides is 1. The average molecular weight is 531 g/mol. The third kappa shape index (κ3) is 11.1. The van der Waals surface area contributed by atoms with Crippen molar-refractivity contribution >= 4 is 35.1 Å². The van der Waals surface area contributed by atoms with Gasteiger partial charge in [-0.25, -0.2) is 9.59 Å². The van der Waals surface area contributed by atoms with Gasteiger partial charge in [0.1, 0.15) is 5.75 Å². The van der Waals surface area contributed by atoms with Crippen LogP contribution in [0.2, 0.25) is 5.02 Å². The SMILES string of the molecule is CCC(=O)N(CC1CCN(CCc2ccc(Cl)cc2)CC1)c1ccc(OC)cc1.O=C(O)/C=C/C(=O)O. The molecule has 1 aliphatic heterocycles. The molecule has 2 aromatic rings. The van der Waals surface area contributed by atoms with Gasteiger partial charge in [0.25, 0.3) is 0 Å². The Kier molecular flexibility index (Phi) is 12.7. The number of carbonyl (C=O) groups is 3. The Morgan fingerprint density at radius 2 is 1.57 bits per heavy atom. The number of hydrogen-bond donors (Lipinski definition) is 2. The first-order valence-corrected chi connectivity index (χ1v) is 12.6. The van der Waals surface area contributed by atoms with Crippen LogP contribution in [0.4, 0.5) is 5.69 Å². The first kappa shape index (κ1) is 29.9. The quantitative estimate of drug-likeness (QED) is 0.426. The lowest BCUT2D eigenvalue weighted by molar-refractivity contribution is -0.134. The van der Waals surface area contributed by atoms with Crippen LogP contribution in [0.15, 0.2) is 60.7 Å². The Labute approximate surface area is 223 Å². The van der Waals surface area contributed by atoms with E-state index in [0.29, 0.717) is 24.5 Å². The number of hydrogen-bond acceptors (Lipinski definition) is 5. The van der Waals surface area contributed by atoms with Crippen LogP contribution in [0.25, 0.3) is 0 Å². The van der Waals surface area contributed by atoms with Crippen molar-refractivity contribution in [1.82, 2.24) is 4.90 Å². The molecule has 1 saturated heterocycles. The zero-order chi connectivity index (χ0) is 27.2. The molecule has 0 atom stereocenters. The molecule has 200 valence electrons. The van der Waals surface area contributed by atoms with Crippen molar-refractivity contribution < 1.29 is 29.3 Å². The minimum Gasteiger partial charge on any atom is -0.497 e. The van der Waals surface area contributed by atoms with Crippen molar-refractivity contribution in [1.29, 1.82) is 0 Å². The number of carboxylic acids is 2. The second-order valence-electron chi connectivity index (χ2n) is 8.73. The lowest BCUT2D eigenvalue weighted by Crippen LogP contribution is -2.41. The minimum absolute atomic E-state index is 0.181. The summed E-state index contributed by atoms with van der Waals surface area (Å²) in [5.41, 5.74) is 2.29. The molecular weight excluding hydrogens is 496 g/mol. The average Bonchev–Trinajstić information content (AvgIpc) is 2.91. The molecule has 1 heterocycles. The lowest BCUT2D eigenvalue weighted by atomic mass is 9.95. The maximum Gasteiger partial charge on any atom is 0.328 e. The summed E-state index contributed by atoms with van der Waals surface area (Å²) in [5, 5.41) is 16.4. The molecule has 1 aliphatic rings. The van der Waals surface area contributed by atoms with Crippen molar-refractivity contribution in [3.8, 4) is 5.75 Å². The number of piperidine rings is 1. The van der Waals surface area contributed by atoms with Gasteiger partial charge in [0, 0.05) is 42.4 Å². The molecule has 3 rings (SSSR count). The largest absolute Gasteiger partial charge is 0.497 e. The number of rotatable bonds is 10. The van der Waals surface area contributed by atoms with Crippen LogP contribution in [0.3, 0.4) is 0 Å². The molecule has 0 saturated carbocycles. The van der Waals surface area contributed by atoms with E-state index in [0.717, 1.165) is 61.9 Å². The van der Waals surface area contributed by atoms with E-state index >= 15 is 0 Å². The molecule has 0 unspecified atom stereocenters. The fourth-order valence-corrected chi connectivity index (χ4v) is 4.16. The van der Waals surface area contributed by atoms with Crippen molar-refractivity contribution in [2.75, 3.05) is 38.2 Å². The highest BCUT2D eigenvalue weighted by Crippen LogP contribution is 2.25. The Bertz CT molecular complexity index is 1020. The Balaban J connectivity index is 0.000000521. The fraction of sp³-hybridized carbons (Fsp3) is 0.393. The topological polar surface area (TPSA) is 107 Å². The van der Waals surface area contributed by atoms with Crippen LogP contribution in [-0.4, -0.2) is 66.2 Å². The highest BCUT2D eigenvalue weighted by Gasteiger charge is 2.24. The Morgan fingerprint density at radius 1 is 1.00 bits per heavy atom. The molecule has 0 aromatic heterocycles. The summed E-state index contributed by atoms with van der Waals surface area (Å²) in [6.07, 6.45) is 4.94. The van der Waals surface area contributed by atoms with E-state index in [4.69, 9.17) is 26.6 Å². The molecule has 1 amide bonds. The van der Waals surface area contributed by atoms with Crippen LogP contribution in [-0.2, 0) is 20.8 Å². The number of methoxy groups -OCH3 is 1. The van der Waals surface area contributed by atoms with E-state index in [1.807, 2.05) is 48.2 Å². The number of benzene rings is 2. The van der Waals surface area contributed by atoms with Gasteiger partial charge in [-0.05, 0) is 80.2 Å². The standard InChI is InChI=1S/C24H31ClN2O2.C4H4O4/c1-3-24(28)27(22-8-10-23(29-2)11-9-22)18-20-13-16-26(17-14-20)15-12-19-4-6-21(25)7-5-19;5-3(6)1-2-4(7)8/h4-11,20H,3,12-18H2,1-2H3;1-2H,(H,5,6)(H,7,8)/b;2-1+. The van der Waals surface area contributed by atoms with Crippen LogP contribution in [0.5, 0.6) is 5.75 Å². The molecule has 2 aromatic carbocycles. The summed E-state index contributed by atoms with van der Waals surface area (Å²) in [7, 11) is 1.66. The number of halogens is 1. The van der Waals surface area contributed by atoms with Crippen molar-refractivity contribution in [3.63, 3.8) is 0 Å². The second-order valence-corrected chi connectivity index (χ2v) is 9.16. The molecule has 0 radical (unpaired) electrons. The van der Waals surface area contributed by atoms with Crippen LogP contribution < -0.4 is 9.64 Å². The van der Waals surface area contributed by atoms with Crippen molar-refractivity contribution in [2.24, 2.45) is 5.92 Å². The monoisotopic (exact) mass is 530 g/mol. The van der Waals surface area contributed by atoms with E-state index in [1.165, 1.54) is 5.56 Å². The number of aliphatic carboxylic acids is 2. The predicted molar refractivity (Wildman–Crippen MR) is 144 cm³/mol. The first-order chi connectivity index (χ1) is 17.7. The maximum atomic E-state index is 12.6. The number of anilines is 1. The highest BCUT2D eigenvalue weighted by atomic mass is 35.5. The second kappa shape index (κ2) is 15.7. The van der Waals surface area contributed by atoms with Crippen LogP contribution in [0.1, 0.15) is 31.7 Å². The van der Waals surface area contributed by atoms with Gasteiger partial charge in [0.15, 0.2) is 0 Å². The Hall–Kier alpha value is -3.36.